The summed E-state index contributed by atoms with van der Waals surface area (Å²) in [5.74, 6) is 1.05. The Bertz CT molecular complexity index is 388. The van der Waals surface area contributed by atoms with Crippen molar-refractivity contribution in [1.29, 1.82) is 0 Å². The van der Waals surface area contributed by atoms with E-state index in [4.69, 9.17) is 4.98 Å². The smallest absolute Gasteiger partial charge is 0.128 e. The molecular formula is C15H28N4. The van der Waals surface area contributed by atoms with Gasteiger partial charge in [0.05, 0.1) is 0 Å². The fourth-order valence-electron chi connectivity index (χ4n) is 1.75. The maximum atomic E-state index is 4.70. The topological polar surface area (TPSA) is 31.4 Å². The number of nitrogens with one attached hydrogen (secondary N) is 1. The van der Waals surface area contributed by atoms with Gasteiger partial charge in [-0.05, 0) is 32.6 Å². The number of aromatic nitrogens is 1. The van der Waals surface area contributed by atoms with E-state index in [9.17, 15) is 0 Å². The van der Waals surface area contributed by atoms with Crippen LogP contribution < -0.4 is 10.2 Å². The van der Waals surface area contributed by atoms with Gasteiger partial charge in [0.25, 0.3) is 0 Å². The standard InChI is InChI=1S/C15H28N4/c1-12(2)16-11-14-7-8-15(17-13(14)3)19(6)10-9-18(4)5/h7-8,12,16H,9-11H2,1-6H3. The van der Waals surface area contributed by atoms with Crippen molar-refractivity contribution in [1.82, 2.24) is 15.2 Å². The Kier molecular flexibility index (Phi) is 6.25. The molecule has 1 aromatic rings. The highest BCUT2D eigenvalue weighted by Gasteiger charge is 2.06. The van der Waals surface area contributed by atoms with E-state index < -0.39 is 0 Å². The first-order valence-electron chi connectivity index (χ1n) is 6.96. The summed E-state index contributed by atoms with van der Waals surface area (Å²) >= 11 is 0. The predicted molar refractivity (Wildman–Crippen MR) is 82.8 cm³/mol. The maximum absolute atomic E-state index is 4.70. The molecule has 0 spiro atoms. The summed E-state index contributed by atoms with van der Waals surface area (Å²) in [6, 6.07) is 4.79. The Balaban J connectivity index is 2.65. The lowest BCUT2D eigenvalue weighted by Gasteiger charge is -2.21. The summed E-state index contributed by atoms with van der Waals surface area (Å²) in [6.45, 7) is 9.31. The minimum absolute atomic E-state index is 0.502. The molecule has 0 fully saturated rings. The molecule has 108 valence electrons. The molecule has 1 heterocycles. The molecule has 1 N–H and O–H groups in total. The van der Waals surface area contributed by atoms with Crippen molar-refractivity contribution in [2.24, 2.45) is 0 Å². The summed E-state index contributed by atoms with van der Waals surface area (Å²) in [7, 11) is 6.28. The van der Waals surface area contributed by atoms with Gasteiger partial charge in [-0.1, -0.05) is 19.9 Å². The van der Waals surface area contributed by atoms with Crippen LogP contribution >= 0.6 is 0 Å². The molecule has 0 unspecified atom stereocenters. The van der Waals surface area contributed by atoms with Gasteiger partial charge in [0.1, 0.15) is 5.82 Å². The minimum Gasteiger partial charge on any atom is -0.358 e. The number of pyridine rings is 1. The number of nitrogens with zero attached hydrogens (tertiary/aromatic N) is 3. The van der Waals surface area contributed by atoms with Crippen LogP contribution in [0.1, 0.15) is 25.1 Å². The summed E-state index contributed by atoms with van der Waals surface area (Å²) in [6.07, 6.45) is 0. The van der Waals surface area contributed by atoms with Crippen LogP contribution in [0, 0.1) is 6.92 Å². The zero-order valence-electron chi connectivity index (χ0n) is 13.2. The number of aryl methyl sites for hydroxylation is 1. The molecule has 0 radical (unpaired) electrons. The Hall–Kier alpha value is -1.13. The highest BCUT2D eigenvalue weighted by molar-refractivity contribution is 5.40. The first kappa shape index (κ1) is 15.9. The minimum atomic E-state index is 0.502. The zero-order valence-corrected chi connectivity index (χ0v) is 13.2. The highest BCUT2D eigenvalue weighted by atomic mass is 15.2. The second-order valence-electron chi connectivity index (χ2n) is 5.67. The van der Waals surface area contributed by atoms with Gasteiger partial charge in [-0.3, -0.25) is 0 Å². The molecule has 0 aromatic carbocycles. The van der Waals surface area contributed by atoms with Crippen molar-refractivity contribution in [2.45, 2.75) is 33.4 Å². The summed E-state index contributed by atoms with van der Waals surface area (Å²) in [5, 5.41) is 3.43. The largest absolute Gasteiger partial charge is 0.358 e. The van der Waals surface area contributed by atoms with Crippen LogP contribution in [-0.2, 0) is 6.54 Å². The molecule has 1 aromatic heterocycles. The normalized spacial score (nSPS) is 11.4. The maximum Gasteiger partial charge on any atom is 0.128 e. The molecular weight excluding hydrogens is 236 g/mol. The lowest BCUT2D eigenvalue weighted by Crippen LogP contribution is -2.29. The van der Waals surface area contributed by atoms with E-state index in [2.05, 4.69) is 69.2 Å². The Morgan fingerprint density at radius 2 is 1.84 bits per heavy atom. The van der Waals surface area contributed by atoms with Gasteiger partial charge in [0.15, 0.2) is 0 Å². The van der Waals surface area contributed by atoms with Crippen LogP contribution in [0.3, 0.4) is 0 Å². The average molecular weight is 264 g/mol. The number of rotatable bonds is 7. The van der Waals surface area contributed by atoms with Crippen molar-refractivity contribution in [3.63, 3.8) is 0 Å². The van der Waals surface area contributed by atoms with Crippen molar-refractivity contribution >= 4 is 5.82 Å². The summed E-state index contributed by atoms with van der Waals surface area (Å²) in [5.41, 5.74) is 2.39. The summed E-state index contributed by atoms with van der Waals surface area (Å²) < 4.78 is 0. The molecule has 0 saturated heterocycles. The predicted octanol–water partition coefficient (Wildman–Crippen LogP) is 1.89. The molecule has 1 rings (SSSR count). The van der Waals surface area contributed by atoms with Crippen molar-refractivity contribution < 1.29 is 0 Å². The lowest BCUT2D eigenvalue weighted by atomic mass is 10.2. The van der Waals surface area contributed by atoms with E-state index in [1.165, 1.54) is 5.56 Å². The van der Waals surface area contributed by atoms with Crippen LogP contribution in [0.2, 0.25) is 0 Å². The number of hydrogen-bond donors (Lipinski definition) is 1. The van der Waals surface area contributed by atoms with E-state index in [1.54, 1.807) is 0 Å². The van der Waals surface area contributed by atoms with Crippen molar-refractivity contribution in [3.05, 3.63) is 23.4 Å². The molecule has 0 atom stereocenters. The summed E-state index contributed by atoms with van der Waals surface area (Å²) in [4.78, 5) is 9.08. The van der Waals surface area contributed by atoms with Gasteiger partial charge in [0, 0.05) is 38.4 Å². The van der Waals surface area contributed by atoms with Crippen LogP contribution in [0.25, 0.3) is 0 Å². The van der Waals surface area contributed by atoms with E-state index in [-0.39, 0.29) is 0 Å². The van der Waals surface area contributed by atoms with Gasteiger partial charge < -0.3 is 15.1 Å². The van der Waals surface area contributed by atoms with Crippen LogP contribution in [0.4, 0.5) is 5.82 Å². The molecule has 0 aliphatic rings. The van der Waals surface area contributed by atoms with E-state index in [0.29, 0.717) is 6.04 Å². The second kappa shape index (κ2) is 7.46. The first-order valence-corrected chi connectivity index (χ1v) is 6.96. The third-order valence-electron chi connectivity index (χ3n) is 3.16. The molecule has 4 heteroatoms. The zero-order chi connectivity index (χ0) is 14.4. The van der Waals surface area contributed by atoms with Gasteiger partial charge in [-0.15, -0.1) is 0 Å². The Morgan fingerprint density at radius 1 is 1.16 bits per heavy atom. The van der Waals surface area contributed by atoms with Gasteiger partial charge in [-0.25, -0.2) is 4.98 Å². The number of hydrogen-bond acceptors (Lipinski definition) is 4. The number of likely N-dealkylation sites (N-methyl/N-ethyl adjacent to an activating group) is 2. The average Bonchev–Trinajstić information content (AvgIpc) is 2.34. The van der Waals surface area contributed by atoms with Gasteiger partial charge in [-0.2, -0.15) is 0 Å². The molecule has 0 saturated carbocycles. The fraction of sp³-hybridized carbons (Fsp3) is 0.667. The molecule has 0 amide bonds. The van der Waals surface area contributed by atoms with Crippen LogP contribution in [-0.4, -0.2) is 50.2 Å². The SMILES string of the molecule is Cc1nc(N(C)CCN(C)C)ccc1CNC(C)C. The monoisotopic (exact) mass is 264 g/mol. The first-order chi connectivity index (χ1) is 8.90. The van der Waals surface area contributed by atoms with Crippen LogP contribution in [0.15, 0.2) is 12.1 Å². The van der Waals surface area contributed by atoms with E-state index in [1.807, 2.05) is 0 Å². The molecule has 19 heavy (non-hydrogen) atoms. The van der Waals surface area contributed by atoms with Crippen LogP contribution in [0.5, 0.6) is 0 Å². The van der Waals surface area contributed by atoms with Crippen molar-refractivity contribution in [3.8, 4) is 0 Å². The Labute approximate surface area is 117 Å². The van der Waals surface area contributed by atoms with E-state index in [0.717, 1.165) is 31.1 Å². The second-order valence-corrected chi connectivity index (χ2v) is 5.67. The highest BCUT2D eigenvalue weighted by Crippen LogP contribution is 2.13. The number of anilines is 1. The lowest BCUT2D eigenvalue weighted by molar-refractivity contribution is 0.416. The van der Waals surface area contributed by atoms with Gasteiger partial charge in [0.2, 0.25) is 0 Å². The molecule has 0 aliphatic carbocycles. The Morgan fingerprint density at radius 3 is 2.37 bits per heavy atom. The van der Waals surface area contributed by atoms with Crippen molar-refractivity contribution in [2.75, 3.05) is 39.1 Å². The molecule has 4 nitrogen and oxygen atoms in total. The third kappa shape index (κ3) is 5.57. The van der Waals surface area contributed by atoms with Gasteiger partial charge >= 0.3 is 0 Å². The molecule has 0 aliphatic heterocycles. The molecule has 0 bridgehead atoms. The fourth-order valence-corrected chi connectivity index (χ4v) is 1.75. The third-order valence-corrected chi connectivity index (χ3v) is 3.16. The van der Waals surface area contributed by atoms with E-state index >= 15 is 0 Å². The quantitative estimate of drug-likeness (QED) is 0.815.